The van der Waals surface area contributed by atoms with Crippen LogP contribution in [0.25, 0.3) is 0 Å². The number of hydrogen-bond donors (Lipinski definition) is 2. The molecule has 0 amide bonds. The molecule has 5 nitrogen and oxygen atoms in total. The molecule has 1 aromatic rings. The highest BCUT2D eigenvalue weighted by Crippen LogP contribution is 2.47. The fourth-order valence-electron chi connectivity index (χ4n) is 4.11. The van der Waals surface area contributed by atoms with Gasteiger partial charge in [-0.05, 0) is 42.9 Å². The molecule has 7 heteroatoms. The van der Waals surface area contributed by atoms with Crippen LogP contribution in [0.2, 0.25) is 5.02 Å². The molecular weight excluding hydrogens is 329 g/mol. The first kappa shape index (κ1) is 16.4. The maximum Gasteiger partial charge on any atom is 0.148 e. The maximum absolute atomic E-state index is 14.9. The molecule has 2 heterocycles. The number of anilines is 2. The highest BCUT2D eigenvalue weighted by Gasteiger charge is 2.38. The second-order valence-corrected chi connectivity index (χ2v) is 7.87. The van der Waals surface area contributed by atoms with Gasteiger partial charge in [0.1, 0.15) is 5.82 Å². The van der Waals surface area contributed by atoms with Crippen LogP contribution in [-0.2, 0) is 6.54 Å². The second-order valence-electron chi connectivity index (χ2n) is 7.50. The van der Waals surface area contributed by atoms with Gasteiger partial charge in [-0.15, -0.1) is 0 Å². The summed E-state index contributed by atoms with van der Waals surface area (Å²) in [6.45, 7) is 5.52. The molecule has 132 valence electrons. The van der Waals surface area contributed by atoms with Gasteiger partial charge in [-0.1, -0.05) is 18.5 Å². The molecule has 24 heavy (non-hydrogen) atoms. The molecule has 1 aromatic carbocycles. The van der Waals surface area contributed by atoms with Crippen LogP contribution in [0.3, 0.4) is 0 Å². The normalized spacial score (nSPS) is 27.7. The number of benzene rings is 1. The Balaban J connectivity index is 1.75. The Morgan fingerprint density at radius 2 is 2.04 bits per heavy atom. The van der Waals surface area contributed by atoms with Gasteiger partial charge in [0.05, 0.1) is 23.1 Å². The molecule has 0 bridgehead atoms. The summed E-state index contributed by atoms with van der Waals surface area (Å²) in [5.74, 6) is 6.60. The van der Waals surface area contributed by atoms with E-state index in [1.807, 2.05) is 0 Å². The maximum atomic E-state index is 14.9. The third kappa shape index (κ3) is 2.65. The fourth-order valence-corrected chi connectivity index (χ4v) is 4.55. The summed E-state index contributed by atoms with van der Waals surface area (Å²) in [7, 11) is 0. The lowest BCUT2D eigenvalue weighted by Gasteiger charge is -2.38. The quantitative estimate of drug-likeness (QED) is 0.815. The van der Waals surface area contributed by atoms with Crippen LogP contribution in [0.4, 0.5) is 15.8 Å². The van der Waals surface area contributed by atoms with E-state index in [9.17, 15) is 4.39 Å². The Kier molecular flexibility index (Phi) is 4.11. The van der Waals surface area contributed by atoms with Gasteiger partial charge < -0.3 is 15.5 Å². The predicted molar refractivity (Wildman–Crippen MR) is 95.4 cm³/mol. The van der Waals surface area contributed by atoms with E-state index in [0.717, 1.165) is 37.2 Å². The predicted octanol–water partition coefficient (Wildman–Crippen LogP) is 2.13. The smallest absolute Gasteiger partial charge is 0.148 e. The van der Waals surface area contributed by atoms with Crippen LogP contribution in [-0.4, -0.2) is 37.4 Å². The number of fused-ring (bicyclic) bond motifs is 1. The first-order valence-corrected chi connectivity index (χ1v) is 9.09. The molecular formula is C17H25ClFN5. The van der Waals surface area contributed by atoms with Crippen molar-refractivity contribution in [2.75, 3.05) is 36.1 Å². The van der Waals surface area contributed by atoms with E-state index in [0.29, 0.717) is 48.3 Å². The lowest BCUT2D eigenvalue weighted by molar-refractivity contribution is 0.258. The summed E-state index contributed by atoms with van der Waals surface area (Å²) in [4.78, 5) is 4.31. The Labute approximate surface area is 147 Å². The summed E-state index contributed by atoms with van der Waals surface area (Å²) >= 11 is 6.75. The van der Waals surface area contributed by atoms with E-state index in [-0.39, 0.29) is 5.82 Å². The fraction of sp³-hybridized carbons (Fsp3) is 0.647. The molecule has 1 aliphatic carbocycles. The highest BCUT2D eigenvalue weighted by atomic mass is 35.5. The van der Waals surface area contributed by atoms with Crippen LogP contribution >= 0.6 is 11.6 Å². The Bertz CT molecular complexity index is 650. The van der Waals surface area contributed by atoms with Crippen molar-refractivity contribution < 1.29 is 4.39 Å². The van der Waals surface area contributed by atoms with Crippen LogP contribution < -0.4 is 21.4 Å². The minimum Gasteiger partial charge on any atom is -0.367 e. The van der Waals surface area contributed by atoms with Crippen molar-refractivity contribution in [1.82, 2.24) is 5.01 Å². The van der Waals surface area contributed by atoms with Crippen molar-refractivity contribution in [3.8, 4) is 0 Å². The molecule has 1 saturated heterocycles. The number of rotatable bonds is 3. The monoisotopic (exact) mass is 353 g/mol. The number of hydrazine groups is 1. The highest BCUT2D eigenvalue weighted by molar-refractivity contribution is 6.36. The van der Waals surface area contributed by atoms with Gasteiger partial charge in [-0.25, -0.2) is 9.40 Å². The van der Waals surface area contributed by atoms with Crippen molar-refractivity contribution in [3.63, 3.8) is 0 Å². The zero-order chi connectivity index (χ0) is 17.0. The van der Waals surface area contributed by atoms with E-state index in [4.69, 9.17) is 23.2 Å². The number of halogens is 2. The molecule has 2 atom stereocenters. The zero-order valence-electron chi connectivity index (χ0n) is 14.0. The third-order valence-corrected chi connectivity index (χ3v) is 5.97. The summed E-state index contributed by atoms with van der Waals surface area (Å²) in [6.07, 6.45) is 2.29. The van der Waals surface area contributed by atoms with Crippen LogP contribution in [0.15, 0.2) is 6.07 Å². The van der Waals surface area contributed by atoms with Gasteiger partial charge in [0, 0.05) is 25.7 Å². The SMILES string of the molecule is C[C@@H]1CN(c2c(F)cc3c(c2Cl)N(C2CC2)CN(N)C3)C[C@H]1CN. The molecule has 0 aromatic heterocycles. The lowest BCUT2D eigenvalue weighted by Crippen LogP contribution is -2.47. The molecule has 2 fully saturated rings. The molecule has 0 radical (unpaired) electrons. The largest absolute Gasteiger partial charge is 0.367 e. The molecule has 3 aliphatic rings. The molecule has 0 spiro atoms. The van der Waals surface area contributed by atoms with Gasteiger partial charge in [-0.3, -0.25) is 5.84 Å². The van der Waals surface area contributed by atoms with E-state index >= 15 is 0 Å². The molecule has 1 saturated carbocycles. The van der Waals surface area contributed by atoms with Gasteiger partial charge in [0.15, 0.2) is 0 Å². The van der Waals surface area contributed by atoms with E-state index in [1.165, 1.54) is 0 Å². The van der Waals surface area contributed by atoms with Crippen molar-refractivity contribution in [2.45, 2.75) is 32.4 Å². The Morgan fingerprint density at radius 1 is 1.29 bits per heavy atom. The minimum atomic E-state index is -0.255. The molecule has 0 unspecified atom stereocenters. The van der Waals surface area contributed by atoms with Crippen molar-refractivity contribution in [2.24, 2.45) is 23.4 Å². The average molecular weight is 354 g/mol. The van der Waals surface area contributed by atoms with E-state index < -0.39 is 0 Å². The lowest BCUT2D eigenvalue weighted by atomic mass is 9.99. The number of nitrogens with zero attached hydrogens (tertiary/aromatic N) is 3. The van der Waals surface area contributed by atoms with Crippen LogP contribution in [0.5, 0.6) is 0 Å². The van der Waals surface area contributed by atoms with Crippen LogP contribution in [0.1, 0.15) is 25.3 Å². The Hall–Kier alpha value is -1.08. The molecule has 4 N–H and O–H groups in total. The van der Waals surface area contributed by atoms with Gasteiger partial charge >= 0.3 is 0 Å². The first-order valence-electron chi connectivity index (χ1n) is 8.71. The number of hydrogen-bond acceptors (Lipinski definition) is 5. The zero-order valence-corrected chi connectivity index (χ0v) is 14.8. The Morgan fingerprint density at radius 3 is 2.67 bits per heavy atom. The van der Waals surface area contributed by atoms with Crippen LogP contribution in [0, 0.1) is 17.7 Å². The van der Waals surface area contributed by atoms with Crippen molar-refractivity contribution >= 4 is 23.0 Å². The second kappa shape index (κ2) is 6.02. The van der Waals surface area contributed by atoms with Crippen molar-refractivity contribution in [3.05, 3.63) is 22.5 Å². The number of nitrogens with two attached hydrogens (primary N) is 2. The van der Waals surface area contributed by atoms with E-state index in [2.05, 4.69) is 16.7 Å². The summed E-state index contributed by atoms with van der Waals surface area (Å²) in [5.41, 5.74) is 8.24. The summed E-state index contributed by atoms with van der Waals surface area (Å²) in [5, 5.41) is 2.26. The topological polar surface area (TPSA) is 61.8 Å². The van der Waals surface area contributed by atoms with Crippen molar-refractivity contribution in [1.29, 1.82) is 0 Å². The average Bonchev–Trinajstić information content (AvgIpc) is 3.29. The van der Waals surface area contributed by atoms with Gasteiger partial charge in [0.25, 0.3) is 0 Å². The molecule has 2 aliphatic heterocycles. The first-order chi connectivity index (χ1) is 11.5. The molecule has 4 rings (SSSR count). The summed E-state index contributed by atoms with van der Waals surface area (Å²) < 4.78 is 14.9. The summed E-state index contributed by atoms with van der Waals surface area (Å²) in [6, 6.07) is 2.09. The minimum absolute atomic E-state index is 0.255. The van der Waals surface area contributed by atoms with Gasteiger partial charge in [0.2, 0.25) is 0 Å². The van der Waals surface area contributed by atoms with Gasteiger partial charge in [-0.2, -0.15) is 0 Å². The third-order valence-electron chi connectivity index (χ3n) is 5.62. The van der Waals surface area contributed by atoms with E-state index in [1.54, 1.807) is 11.1 Å². The standard InChI is InChI=1S/C17H25ClFN5/c1-10-6-22(7-12(10)5-20)17-14(19)4-11-8-23(21)9-24(13-2-3-13)16(11)15(17)18/h4,10,12-13H,2-3,5-9,20-21H2,1H3/t10-,12-/m1/s1.